The molecule has 0 amide bonds. The van der Waals surface area contributed by atoms with Gasteiger partial charge in [-0.3, -0.25) is 0 Å². The molecule has 28 heavy (non-hydrogen) atoms. The largest absolute Gasteiger partial charge is 0.489 e. The summed E-state index contributed by atoms with van der Waals surface area (Å²) in [5.74, 6) is -0.241. The lowest BCUT2D eigenvalue weighted by Gasteiger charge is -2.27. The van der Waals surface area contributed by atoms with Crippen LogP contribution >= 0.6 is 0 Å². The minimum Gasteiger partial charge on any atom is -0.489 e. The van der Waals surface area contributed by atoms with Crippen molar-refractivity contribution in [2.75, 3.05) is 13.2 Å². The van der Waals surface area contributed by atoms with E-state index in [9.17, 15) is 10.1 Å². The lowest BCUT2D eigenvalue weighted by Crippen LogP contribution is -2.25. The Bertz CT molecular complexity index is 890. The Kier molecular flexibility index (Phi) is 7.05. The highest BCUT2D eigenvalue weighted by molar-refractivity contribution is 5.92. The van der Waals surface area contributed by atoms with E-state index in [0.717, 1.165) is 5.56 Å². The van der Waals surface area contributed by atoms with Gasteiger partial charge in [0.05, 0.1) is 18.1 Å². The van der Waals surface area contributed by atoms with Crippen LogP contribution in [0, 0.1) is 11.3 Å². The number of nitrogens with two attached hydrogens (primary N) is 1. The Labute approximate surface area is 165 Å². The predicted octanol–water partition coefficient (Wildman–Crippen LogP) is 3.62. The first-order valence-electron chi connectivity index (χ1n) is 8.91. The van der Waals surface area contributed by atoms with Crippen LogP contribution in [-0.2, 0) is 20.7 Å². The topological polar surface area (TPSA) is 94.6 Å². The second-order valence-corrected chi connectivity index (χ2v) is 6.07. The smallest absolute Gasteiger partial charge is 0.338 e. The van der Waals surface area contributed by atoms with Crippen LogP contribution in [0.5, 0.6) is 5.75 Å². The first-order valence-corrected chi connectivity index (χ1v) is 8.91. The molecule has 1 aromatic rings. The SMILES string of the molecule is C=CCOc1ccc(C2C(C#N)=C(N)OC(C)=C2C(=O)OCC)cc1CC=C. The number of carbonyl (C=O) groups excluding carboxylic acids is 1. The number of allylic oxidation sites excluding steroid dienone is 3. The van der Waals surface area contributed by atoms with Gasteiger partial charge in [0.2, 0.25) is 5.88 Å². The summed E-state index contributed by atoms with van der Waals surface area (Å²) < 4.78 is 16.3. The number of benzene rings is 1. The Morgan fingerprint density at radius 1 is 1.39 bits per heavy atom. The Balaban J connectivity index is 2.61. The summed E-state index contributed by atoms with van der Waals surface area (Å²) in [6.45, 7) is 11.4. The summed E-state index contributed by atoms with van der Waals surface area (Å²) >= 11 is 0. The fraction of sp³-hybridized carbons (Fsp3) is 0.273. The standard InChI is InChI=1S/C22H24N2O4/c1-5-8-15-12-16(9-10-18(15)27-11-6-2)20-17(13-23)21(24)28-14(4)19(20)22(25)26-7-3/h5-6,9-10,12,20H,1-2,7-8,11,24H2,3-4H3. The molecule has 1 unspecified atom stereocenters. The van der Waals surface area contributed by atoms with Crippen LogP contribution in [0.3, 0.4) is 0 Å². The Morgan fingerprint density at radius 2 is 2.14 bits per heavy atom. The van der Waals surface area contributed by atoms with Gasteiger partial charge in [0.1, 0.15) is 29.8 Å². The van der Waals surface area contributed by atoms with Crippen molar-refractivity contribution in [3.8, 4) is 11.8 Å². The third-order valence-corrected chi connectivity index (χ3v) is 4.24. The molecule has 1 aliphatic heterocycles. The van der Waals surface area contributed by atoms with E-state index in [4.69, 9.17) is 19.9 Å². The molecule has 0 fully saturated rings. The van der Waals surface area contributed by atoms with Crippen molar-refractivity contribution >= 4 is 5.97 Å². The zero-order valence-electron chi connectivity index (χ0n) is 16.2. The maximum atomic E-state index is 12.6. The van der Waals surface area contributed by atoms with Gasteiger partial charge in [-0.05, 0) is 37.5 Å². The molecular weight excluding hydrogens is 356 g/mol. The highest BCUT2D eigenvalue weighted by Gasteiger charge is 2.36. The van der Waals surface area contributed by atoms with Crippen LogP contribution in [0.1, 0.15) is 30.9 Å². The summed E-state index contributed by atoms with van der Waals surface area (Å²) in [7, 11) is 0. The number of nitrogens with zero attached hydrogens (tertiary/aromatic N) is 1. The van der Waals surface area contributed by atoms with E-state index in [-0.39, 0.29) is 23.6 Å². The van der Waals surface area contributed by atoms with Crippen molar-refractivity contribution in [1.29, 1.82) is 5.26 Å². The first-order chi connectivity index (χ1) is 13.5. The highest BCUT2D eigenvalue weighted by atomic mass is 16.5. The number of hydrogen-bond donors (Lipinski definition) is 1. The third-order valence-electron chi connectivity index (χ3n) is 4.24. The van der Waals surface area contributed by atoms with Crippen LogP contribution in [0.15, 0.2) is 66.3 Å². The molecule has 1 heterocycles. The van der Waals surface area contributed by atoms with Crippen LogP contribution < -0.4 is 10.5 Å². The third kappa shape index (κ3) is 4.26. The van der Waals surface area contributed by atoms with E-state index < -0.39 is 11.9 Å². The molecule has 2 rings (SSSR count). The van der Waals surface area contributed by atoms with Gasteiger partial charge in [0, 0.05) is 0 Å². The maximum absolute atomic E-state index is 12.6. The number of nitriles is 1. The van der Waals surface area contributed by atoms with Crippen LogP contribution in [0.4, 0.5) is 0 Å². The van der Waals surface area contributed by atoms with Gasteiger partial charge in [0.25, 0.3) is 0 Å². The van der Waals surface area contributed by atoms with E-state index in [0.29, 0.717) is 30.1 Å². The zero-order chi connectivity index (χ0) is 20.7. The first kappa shape index (κ1) is 20.8. The summed E-state index contributed by atoms with van der Waals surface area (Å²) in [5, 5.41) is 9.66. The van der Waals surface area contributed by atoms with Gasteiger partial charge in [-0.2, -0.15) is 5.26 Å². The molecule has 0 aromatic heterocycles. The molecular formula is C22H24N2O4. The predicted molar refractivity (Wildman–Crippen MR) is 106 cm³/mol. The molecule has 6 nitrogen and oxygen atoms in total. The molecule has 1 atom stereocenters. The van der Waals surface area contributed by atoms with E-state index in [1.165, 1.54) is 0 Å². The molecule has 0 aliphatic carbocycles. The zero-order valence-corrected chi connectivity index (χ0v) is 16.2. The average Bonchev–Trinajstić information content (AvgIpc) is 2.66. The monoisotopic (exact) mass is 380 g/mol. The Hall–Kier alpha value is -3.46. The van der Waals surface area contributed by atoms with E-state index in [1.807, 2.05) is 6.07 Å². The molecule has 0 bridgehead atoms. The average molecular weight is 380 g/mol. The van der Waals surface area contributed by atoms with Crippen LogP contribution in [-0.4, -0.2) is 19.2 Å². The molecule has 0 spiro atoms. The minimum absolute atomic E-state index is 0.0182. The molecule has 1 aromatic carbocycles. The normalized spacial score (nSPS) is 16.1. The van der Waals surface area contributed by atoms with Crippen LogP contribution in [0.25, 0.3) is 0 Å². The number of hydrogen-bond acceptors (Lipinski definition) is 6. The molecule has 146 valence electrons. The number of carbonyl (C=O) groups is 1. The van der Waals surface area contributed by atoms with E-state index in [1.54, 1.807) is 38.1 Å². The van der Waals surface area contributed by atoms with Crippen LogP contribution in [0.2, 0.25) is 0 Å². The molecule has 2 N–H and O–H groups in total. The molecule has 0 saturated carbocycles. The number of rotatable bonds is 8. The van der Waals surface area contributed by atoms with Crippen molar-refractivity contribution in [1.82, 2.24) is 0 Å². The lowest BCUT2D eigenvalue weighted by molar-refractivity contribution is -0.139. The molecule has 0 radical (unpaired) electrons. The Morgan fingerprint density at radius 3 is 2.75 bits per heavy atom. The van der Waals surface area contributed by atoms with Gasteiger partial charge in [-0.1, -0.05) is 30.9 Å². The quantitative estimate of drug-likeness (QED) is 0.547. The minimum atomic E-state index is -0.685. The highest BCUT2D eigenvalue weighted by Crippen LogP contribution is 2.40. The summed E-state index contributed by atoms with van der Waals surface area (Å²) in [6.07, 6.45) is 3.97. The fourth-order valence-corrected chi connectivity index (χ4v) is 3.07. The van der Waals surface area contributed by atoms with Crippen molar-refractivity contribution in [2.24, 2.45) is 5.73 Å². The van der Waals surface area contributed by atoms with Crippen molar-refractivity contribution in [3.63, 3.8) is 0 Å². The van der Waals surface area contributed by atoms with Gasteiger partial charge in [-0.25, -0.2) is 4.79 Å². The summed E-state index contributed by atoms with van der Waals surface area (Å²) in [4.78, 5) is 12.6. The fourth-order valence-electron chi connectivity index (χ4n) is 3.07. The molecule has 0 saturated heterocycles. The van der Waals surface area contributed by atoms with Crippen molar-refractivity contribution in [3.05, 3.63) is 77.4 Å². The van der Waals surface area contributed by atoms with E-state index in [2.05, 4.69) is 19.2 Å². The summed E-state index contributed by atoms with van der Waals surface area (Å²) in [5.41, 5.74) is 7.95. The number of ether oxygens (including phenoxy) is 3. The van der Waals surface area contributed by atoms with Gasteiger partial charge in [0.15, 0.2) is 0 Å². The van der Waals surface area contributed by atoms with Crippen molar-refractivity contribution < 1.29 is 19.0 Å². The maximum Gasteiger partial charge on any atom is 0.338 e. The van der Waals surface area contributed by atoms with Crippen molar-refractivity contribution in [2.45, 2.75) is 26.2 Å². The lowest BCUT2D eigenvalue weighted by atomic mass is 9.82. The molecule has 1 aliphatic rings. The van der Waals surface area contributed by atoms with Gasteiger partial charge in [-0.15, -0.1) is 6.58 Å². The van der Waals surface area contributed by atoms with E-state index >= 15 is 0 Å². The number of esters is 1. The van der Waals surface area contributed by atoms with Gasteiger partial charge < -0.3 is 19.9 Å². The second-order valence-electron chi connectivity index (χ2n) is 6.07. The summed E-state index contributed by atoms with van der Waals surface area (Å²) in [6, 6.07) is 7.56. The molecule has 6 heteroatoms. The van der Waals surface area contributed by atoms with Gasteiger partial charge >= 0.3 is 5.97 Å². The second kappa shape index (κ2) is 9.47.